The van der Waals surface area contributed by atoms with Crippen LogP contribution in [0.1, 0.15) is 47.0 Å². The maximum atomic E-state index is 12.5. The van der Waals surface area contributed by atoms with E-state index in [1.165, 1.54) is 0 Å². The van der Waals surface area contributed by atoms with Crippen LogP contribution in [0.3, 0.4) is 0 Å². The van der Waals surface area contributed by atoms with Crippen LogP contribution in [-0.4, -0.2) is 44.9 Å². The lowest BCUT2D eigenvalue weighted by molar-refractivity contribution is 0.349. The standard InChI is InChI=1S/C14H31N3O2S.ClH/c1-12(2)6-9-17(10-7-13(3)4)20(18,19)16-14-5-8-15-11-14;/h12-16H,5-11H2,1-4H3;1H. The highest BCUT2D eigenvalue weighted by molar-refractivity contribution is 7.87. The van der Waals surface area contributed by atoms with Crippen LogP contribution in [0.2, 0.25) is 0 Å². The Kier molecular flexibility index (Phi) is 10.1. The fourth-order valence-corrected chi connectivity index (χ4v) is 3.66. The summed E-state index contributed by atoms with van der Waals surface area (Å²) in [6.45, 7) is 11.4. The molecule has 1 aliphatic rings. The first-order chi connectivity index (χ1) is 9.31. The minimum absolute atomic E-state index is 0. The van der Waals surface area contributed by atoms with Crippen molar-refractivity contribution in [3.63, 3.8) is 0 Å². The van der Waals surface area contributed by atoms with Crippen LogP contribution in [0.4, 0.5) is 0 Å². The third-order valence-corrected chi connectivity index (χ3v) is 5.30. The van der Waals surface area contributed by atoms with Crippen molar-refractivity contribution in [3.05, 3.63) is 0 Å². The highest BCUT2D eigenvalue weighted by atomic mass is 35.5. The van der Waals surface area contributed by atoms with Crippen LogP contribution in [0.25, 0.3) is 0 Å². The minimum Gasteiger partial charge on any atom is -0.315 e. The SMILES string of the molecule is CC(C)CCN(CCC(C)C)S(=O)(=O)NC1CCNC1.Cl. The molecule has 0 aliphatic carbocycles. The lowest BCUT2D eigenvalue weighted by atomic mass is 10.1. The average Bonchev–Trinajstić information content (AvgIpc) is 2.79. The van der Waals surface area contributed by atoms with E-state index in [9.17, 15) is 8.42 Å². The Bertz CT molecular complexity index is 356. The predicted molar refractivity (Wildman–Crippen MR) is 91.1 cm³/mol. The van der Waals surface area contributed by atoms with Gasteiger partial charge in [0.15, 0.2) is 0 Å². The summed E-state index contributed by atoms with van der Waals surface area (Å²) in [4.78, 5) is 0. The fourth-order valence-electron chi connectivity index (χ4n) is 2.20. The van der Waals surface area contributed by atoms with Gasteiger partial charge < -0.3 is 5.32 Å². The number of hydrogen-bond donors (Lipinski definition) is 2. The second-order valence-electron chi connectivity index (χ2n) is 6.58. The molecular formula is C14H32ClN3O2S. The lowest BCUT2D eigenvalue weighted by Gasteiger charge is -2.25. The number of hydrogen-bond acceptors (Lipinski definition) is 3. The van der Waals surface area contributed by atoms with Crippen LogP contribution < -0.4 is 10.0 Å². The van der Waals surface area contributed by atoms with Crippen molar-refractivity contribution in [2.45, 2.75) is 53.0 Å². The molecule has 0 bridgehead atoms. The Morgan fingerprint density at radius 1 is 1.14 bits per heavy atom. The van der Waals surface area contributed by atoms with Crippen molar-refractivity contribution < 1.29 is 8.42 Å². The highest BCUT2D eigenvalue weighted by Crippen LogP contribution is 2.11. The van der Waals surface area contributed by atoms with E-state index in [1.54, 1.807) is 4.31 Å². The Labute approximate surface area is 136 Å². The van der Waals surface area contributed by atoms with E-state index < -0.39 is 10.2 Å². The Morgan fingerprint density at radius 3 is 2.05 bits per heavy atom. The Morgan fingerprint density at radius 2 is 1.67 bits per heavy atom. The van der Waals surface area contributed by atoms with E-state index in [0.29, 0.717) is 24.9 Å². The molecule has 7 heteroatoms. The van der Waals surface area contributed by atoms with Gasteiger partial charge in [0.25, 0.3) is 10.2 Å². The normalized spacial score (nSPS) is 19.5. The second-order valence-corrected chi connectivity index (χ2v) is 8.28. The molecule has 1 fully saturated rings. The molecule has 1 aliphatic heterocycles. The summed E-state index contributed by atoms with van der Waals surface area (Å²) in [6.07, 6.45) is 2.69. The molecule has 0 spiro atoms. The average molecular weight is 342 g/mol. The van der Waals surface area contributed by atoms with E-state index in [2.05, 4.69) is 37.7 Å². The van der Waals surface area contributed by atoms with E-state index in [1.807, 2.05) is 0 Å². The maximum absolute atomic E-state index is 12.5. The summed E-state index contributed by atoms with van der Waals surface area (Å²) in [5.41, 5.74) is 0. The van der Waals surface area contributed by atoms with Gasteiger partial charge in [-0.05, 0) is 37.6 Å². The van der Waals surface area contributed by atoms with Gasteiger partial charge in [0.05, 0.1) is 0 Å². The van der Waals surface area contributed by atoms with Gasteiger partial charge in [-0.25, -0.2) is 0 Å². The quantitative estimate of drug-likeness (QED) is 0.674. The first-order valence-corrected chi connectivity index (χ1v) is 9.23. The number of nitrogens with one attached hydrogen (secondary N) is 2. The molecule has 2 N–H and O–H groups in total. The summed E-state index contributed by atoms with van der Waals surface area (Å²) < 4.78 is 29.5. The molecule has 1 atom stereocenters. The lowest BCUT2D eigenvalue weighted by Crippen LogP contribution is -2.47. The van der Waals surface area contributed by atoms with Gasteiger partial charge in [-0.2, -0.15) is 17.4 Å². The summed E-state index contributed by atoms with van der Waals surface area (Å²) in [7, 11) is -3.35. The van der Waals surface area contributed by atoms with Crippen LogP contribution in [-0.2, 0) is 10.2 Å². The third-order valence-electron chi connectivity index (χ3n) is 3.63. The minimum atomic E-state index is -3.35. The first kappa shape index (κ1) is 21.1. The van der Waals surface area contributed by atoms with Crippen molar-refractivity contribution in [2.75, 3.05) is 26.2 Å². The molecule has 21 heavy (non-hydrogen) atoms. The van der Waals surface area contributed by atoms with E-state index in [4.69, 9.17) is 0 Å². The Balaban J connectivity index is 0.00000400. The van der Waals surface area contributed by atoms with Crippen molar-refractivity contribution in [1.82, 2.24) is 14.3 Å². The van der Waals surface area contributed by atoms with E-state index >= 15 is 0 Å². The van der Waals surface area contributed by atoms with E-state index in [-0.39, 0.29) is 18.4 Å². The van der Waals surface area contributed by atoms with Gasteiger partial charge in [-0.15, -0.1) is 12.4 Å². The monoisotopic (exact) mass is 341 g/mol. The predicted octanol–water partition coefficient (Wildman–Crippen LogP) is 2.00. The third kappa shape index (κ3) is 8.35. The molecule has 1 unspecified atom stereocenters. The summed E-state index contributed by atoms with van der Waals surface area (Å²) in [5, 5.41) is 3.19. The molecule has 1 rings (SSSR count). The van der Waals surface area contributed by atoms with Crippen molar-refractivity contribution in [1.29, 1.82) is 0 Å². The molecule has 0 saturated carbocycles. The fraction of sp³-hybridized carbons (Fsp3) is 1.00. The van der Waals surface area contributed by atoms with Gasteiger partial charge in [-0.3, -0.25) is 0 Å². The number of halogens is 1. The molecule has 5 nitrogen and oxygen atoms in total. The van der Waals surface area contributed by atoms with Crippen LogP contribution >= 0.6 is 12.4 Å². The van der Waals surface area contributed by atoms with Crippen molar-refractivity contribution in [2.24, 2.45) is 11.8 Å². The van der Waals surface area contributed by atoms with Crippen molar-refractivity contribution in [3.8, 4) is 0 Å². The molecule has 0 aromatic heterocycles. The van der Waals surface area contributed by atoms with Crippen LogP contribution in [0.5, 0.6) is 0 Å². The zero-order valence-corrected chi connectivity index (χ0v) is 15.4. The maximum Gasteiger partial charge on any atom is 0.279 e. The van der Waals surface area contributed by atoms with Gasteiger partial charge in [0, 0.05) is 25.7 Å². The van der Waals surface area contributed by atoms with Gasteiger partial charge in [0.2, 0.25) is 0 Å². The summed E-state index contributed by atoms with van der Waals surface area (Å²) >= 11 is 0. The van der Waals surface area contributed by atoms with Crippen LogP contribution in [0.15, 0.2) is 0 Å². The Hall–Kier alpha value is 0.120. The second kappa shape index (κ2) is 10.0. The molecule has 0 aromatic carbocycles. The largest absolute Gasteiger partial charge is 0.315 e. The van der Waals surface area contributed by atoms with Gasteiger partial charge in [0.1, 0.15) is 0 Å². The van der Waals surface area contributed by atoms with Crippen molar-refractivity contribution >= 4 is 22.6 Å². The highest BCUT2D eigenvalue weighted by Gasteiger charge is 2.26. The summed E-state index contributed by atoms with van der Waals surface area (Å²) in [5.74, 6) is 1.03. The molecule has 1 heterocycles. The topological polar surface area (TPSA) is 61.4 Å². The number of nitrogens with zero attached hydrogens (tertiary/aromatic N) is 1. The molecule has 128 valence electrons. The zero-order chi connectivity index (χ0) is 15.2. The first-order valence-electron chi connectivity index (χ1n) is 7.79. The molecule has 0 amide bonds. The summed E-state index contributed by atoms with van der Waals surface area (Å²) in [6, 6.07) is 0.0422. The van der Waals surface area contributed by atoms with Gasteiger partial charge in [-0.1, -0.05) is 27.7 Å². The van der Waals surface area contributed by atoms with Crippen LogP contribution in [0, 0.1) is 11.8 Å². The van der Waals surface area contributed by atoms with Gasteiger partial charge >= 0.3 is 0 Å². The number of rotatable bonds is 9. The smallest absolute Gasteiger partial charge is 0.279 e. The molecular weight excluding hydrogens is 310 g/mol. The zero-order valence-electron chi connectivity index (χ0n) is 13.8. The molecule has 0 radical (unpaired) electrons. The van der Waals surface area contributed by atoms with E-state index in [0.717, 1.165) is 32.4 Å². The molecule has 0 aromatic rings. The molecule has 1 saturated heterocycles.